The Bertz CT molecular complexity index is 589. The molecule has 1 aromatic rings. The van der Waals surface area contributed by atoms with Gasteiger partial charge >= 0.3 is 0 Å². The van der Waals surface area contributed by atoms with E-state index in [1.807, 2.05) is 12.1 Å². The number of rotatable bonds is 2. The van der Waals surface area contributed by atoms with Crippen LogP contribution in [-0.2, 0) is 9.53 Å². The van der Waals surface area contributed by atoms with Gasteiger partial charge in [-0.3, -0.25) is 4.79 Å². The Kier molecular flexibility index (Phi) is 3.59. The highest BCUT2D eigenvalue weighted by atomic mass is 35.5. The van der Waals surface area contributed by atoms with Gasteiger partial charge in [0.15, 0.2) is 0 Å². The van der Waals surface area contributed by atoms with E-state index >= 15 is 0 Å². The van der Waals surface area contributed by atoms with Gasteiger partial charge in [-0.1, -0.05) is 11.6 Å². The van der Waals surface area contributed by atoms with Crippen LogP contribution in [0.3, 0.4) is 0 Å². The summed E-state index contributed by atoms with van der Waals surface area (Å²) in [5.41, 5.74) is 2.49. The molecule has 2 heterocycles. The average molecular weight is 310 g/mol. The first-order valence-electron chi connectivity index (χ1n) is 7.12. The summed E-state index contributed by atoms with van der Waals surface area (Å²) >= 11 is 6.46. The van der Waals surface area contributed by atoms with Gasteiger partial charge in [0.2, 0.25) is 5.91 Å². The fourth-order valence-electron chi connectivity index (χ4n) is 3.02. The number of likely N-dealkylation sites (N-methyl/N-ethyl adjacent to an activating group) is 1. The summed E-state index contributed by atoms with van der Waals surface area (Å²) in [5, 5.41) is 6.58. The highest BCUT2D eigenvalue weighted by Crippen LogP contribution is 2.39. The van der Waals surface area contributed by atoms with Crippen LogP contribution in [0.15, 0.2) is 12.1 Å². The number of hydrogen-bond donors (Lipinski definition) is 2. The number of anilines is 2. The molecule has 2 N–H and O–H groups in total. The molecule has 1 atom stereocenters. The number of carbonyl (C=O) groups excluding carboxylic acids is 1. The molecule has 2 aliphatic heterocycles. The van der Waals surface area contributed by atoms with Crippen molar-refractivity contribution in [2.24, 2.45) is 0 Å². The third kappa shape index (κ3) is 2.61. The number of carbonyl (C=O) groups is 1. The van der Waals surface area contributed by atoms with E-state index in [0.717, 1.165) is 30.0 Å². The van der Waals surface area contributed by atoms with Crippen LogP contribution in [0, 0.1) is 0 Å². The number of benzene rings is 1. The molecule has 0 saturated carbocycles. The smallest absolute Gasteiger partial charge is 0.246 e. The number of nitrogens with one attached hydrogen (secondary N) is 2. The van der Waals surface area contributed by atoms with Crippen LogP contribution < -0.4 is 15.5 Å². The van der Waals surface area contributed by atoms with E-state index in [-0.39, 0.29) is 17.6 Å². The molecule has 0 bridgehead atoms. The molecule has 5 nitrogen and oxygen atoms in total. The first kappa shape index (κ1) is 14.6. The summed E-state index contributed by atoms with van der Waals surface area (Å²) < 4.78 is 5.74. The van der Waals surface area contributed by atoms with E-state index in [9.17, 15) is 4.79 Å². The lowest BCUT2D eigenvalue weighted by atomic mass is 10.0. The van der Waals surface area contributed by atoms with Gasteiger partial charge in [0.25, 0.3) is 0 Å². The molecule has 114 valence electrons. The van der Waals surface area contributed by atoms with Crippen LogP contribution in [-0.4, -0.2) is 38.3 Å². The van der Waals surface area contributed by atoms with E-state index in [1.165, 1.54) is 0 Å². The van der Waals surface area contributed by atoms with Crippen LogP contribution in [0.4, 0.5) is 11.4 Å². The van der Waals surface area contributed by atoms with E-state index in [0.29, 0.717) is 11.6 Å². The first-order chi connectivity index (χ1) is 9.91. The molecule has 0 aliphatic carbocycles. The minimum atomic E-state index is -0.326. The zero-order valence-electron chi connectivity index (χ0n) is 12.5. The lowest BCUT2D eigenvalue weighted by Gasteiger charge is -2.40. The molecule has 3 rings (SSSR count). The topological polar surface area (TPSA) is 53.6 Å². The van der Waals surface area contributed by atoms with Gasteiger partial charge < -0.3 is 20.3 Å². The largest absolute Gasteiger partial charge is 0.372 e. The maximum Gasteiger partial charge on any atom is 0.246 e. The van der Waals surface area contributed by atoms with Crippen molar-refractivity contribution in [3.63, 3.8) is 0 Å². The molecule has 0 aromatic heterocycles. The Labute approximate surface area is 129 Å². The van der Waals surface area contributed by atoms with E-state index in [4.69, 9.17) is 16.3 Å². The number of nitrogens with zero attached hydrogens (tertiary/aromatic N) is 1. The summed E-state index contributed by atoms with van der Waals surface area (Å²) in [6.07, 6.45) is 0. The molecular weight excluding hydrogens is 290 g/mol. The standard InChI is InChI=1S/C15H20ClN3O2/c1-15(2)8-19(4-5-21-15)12-7-11-9(6-10(12)16)13(17-3)14(20)18-11/h6-7,13,17H,4-5,8H2,1-3H3,(H,18,20). The van der Waals surface area contributed by atoms with Gasteiger partial charge in [-0.05, 0) is 33.0 Å². The van der Waals surface area contributed by atoms with E-state index in [2.05, 4.69) is 29.4 Å². The zero-order chi connectivity index (χ0) is 15.2. The van der Waals surface area contributed by atoms with Crippen molar-refractivity contribution in [3.8, 4) is 0 Å². The predicted octanol–water partition coefficient (Wildman–Crippen LogP) is 2.17. The molecular formula is C15H20ClN3O2. The number of morpholine rings is 1. The normalized spacial score (nSPS) is 23.9. The lowest BCUT2D eigenvalue weighted by molar-refractivity contribution is -0.117. The van der Waals surface area contributed by atoms with Gasteiger partial charge in [-0.25, -0.2) is 0 Å². The van der Waals surface area contributed by atoms with Crippen molar-refractivity contribution in [2.45, 2.75) is 25.5 Å². The van der Waals surface area contributed by atoms with Crippen LogP contribution in [0.25, 0.3) is 0 Å². The molecule has 1 saturated heterocycles. The number of ether oxygens (including phenoxy) is 1. The maximum absolute atomic E-state index is 11.9. The fourth-order valence-corrected chi connectivity index (χ4v) is 3.31. The number of halogens is 1. The maximum atomic E-state index is 11.9. The van der Waals surface area contributed by atoms with Crippen molar-refractivity contribution in [2.75, 3.05) is 37.0 Å². The minimum absolute atomic E-state index is 0.0389. The summed E-state index contributed by atoms with van der Waals surface area (Å²) in [6, 6.07) is 3.52. The molecule has 2 aliphatic rings. The summed E-state index contributed by atoms with van der Waals surface area (Å²) in [5.74, 6) is -0.0389. The number of fused-ring (bicyclic) bond motifs is 1. The Morgan fingerprint density at radius 3 is 2.90 bits per heavy atom. The zero-order valence-corrected chi connectivity index (χ0v) is 13.3. The molecule has 1 aromatic carbocycles. The molecule has 21 heavy (non-hydrogen) atoms. The van der Waals surface area contributed by atoms with Gasteiger partial charge in [-0.2, -0.15) is 0 Å². The second kappa shape index (κ2) is 5.16. The Hall–Kier alpha value is -1.30. The highest BCUT2D eigenvalue weighted by Gasteiger charge is 2.33. The lowest BCUT2D eigenvalue weighted by Crippen LogP contribution is -2.48. The van der Waals surface area contributed by atoms with Crippen LogP contribution >= 0.6 is 11.6 Å². The number of hydrogen-bond acceptors (Lipinski definition) is 4. The monoisotopic (exact) mass is 309 g/mol. The molecule has 6 heteroatoms. The third-order valence-corrected chi connectivity index (χ3v) is 4.31. The summed E-state index contributed by atoms with van der Waals surface area (Å²) in [7, 11) is 1.77. The highest BCUT2D eigenvalue weighted by molar-refractivity contribution is 6.33. The Morgan fingerprint density at radius 2 is 2.24 bits per heavy atom. The minimum Gasteiger partial charge on any atom is -0.372 e. The van der Waals surface area contributed by atoms with Crippen LogP contribution in [0.2, 0.25) is 5.02 Å². The molecule has 1 unspecified atom stereocenters. The summed E-state index contributed by atoms with van der Waals surface area (Å²) in [6.45, 7) is 6.38. The van der Waals surface area contributed by atoms with Crippen molar-refractivity contribution >= 4 is 28.9 Å². The quantitative estimate of drug-likeness (QED) is 0.879. The van der Waals surface area contributed by atoms with Gasteiger partial charge in [0.05, 0.1) is 22.9 Å². The van der Waals surface area contributed by atoms with E-state index < -0.39 is 0 Å². The van der Waals surface area contributed by atoms with Gasteiger partial charge in [-0.15, -0.1) is 0 Å². The van der Waals surface area contributed by atoms with Gasteiger partial charge in [0, 0.05) is 24.3 Å². The van der Waals surface area contributed by atoms with Crippen molar-refractivity contribution in [1.29, 1.82) is 0 Å². The SMILES string of the molecule is CNC1C(=O)Nc2cc(N3CCOC(C)(C)C3)c(Cl)cc21. The molecule has 1 amide bonds. The molecule has 0 radical (unpaired) electrons. The van der Waals surface area contributed by atoms with Crippen LogP contribution in [0.1, 0.15) is 25.5 Å². The molecule has 0 spiro atoms. The second-order valence-corrected chi connectivity index (χ2v) is 6.54. The van der Waals surface area contributed by atoms with Crippen LogP contribution in [0.5, 0.6) is 0 Å². The number of amides is 1. The van der Waals surface area contributed by atoms with E-state index in [1.54, 1.807) is 7.05 Å². The Morgan fingerprint density at radius 1 is 1.48 bits per heavy atom. The fraction of sp³-hybridized carbons (Fsp3) is 0.533. The third-order valence-electron chi connectivity index (χ3n) is 4.01. The predicted molar refractivity (Wildman–Crippen MR) is 84.1 cm³/mol. The van der Waals surface area contributed by atoms with Crippen molar-refractivity contribution in [1.82, 2.24) is 5.32 Å². The van der Waals surface area contributed by atoms with Gasteiger partial charge in [0.1, 0.15) is 6.04 Å². The average Bonchev–Trinajstić information content (AvgIpc) is 2.71. The van der Waals surface area contributed by atoms with Crippen molar-refractivity contribution in [3.05, 3.63) is 22.7 Å². The molecule has 1 fully saturated rings. The summed E-state index contributed by atoms with van der Waals surface area (Å²) in [4.78, 5) is 14.1. The second-order valence-electron chi connectivity index (χ2n) is 6.13. The van der Waals surface area contributed by atoms with Crippen molar-refractivity contribution < 1.29 is 9.53 Å². The first-order valence-corrected chi connectivity index (χ1v) is 7.49. The Balaban J connectivity index is 1.95.